The van der Waals surface area contributed by atoms with Crippen molar-refractivity contribution < 1.29 is 28.7 Å². The maximum atomic E-state index is 13.1. The molecular formula is C22H20N4O6. The summed E-state index contributed by atoms with van der Waals surface area (Å²) >= 11 is 0. The van der Waals surface area contributed by atoms with Crippen molar-refractivity contribution in [1.29, 1.82) is 0 Å². The maximum absolute atomic E-state index is 13.1. The number of amidine groups is 2. The molecule has 2 amide bonds. The molecule has 2 aromatic rings. The van der Waals surface area contributed by atoms with Crippen LogP contribution in [0.15, 0.2) is 70.9 Å². The molecule has 0 N–H and O–H groups in total. The lowest BCUT2D eigenvalue weighted by molar-refractivity contribution is -0.137. The molecule has 3 rings (SSSR count). The van der Waals surface area contributed by atoms with Gasteiger partial charge in [0.2, 0.25) is 0 Å². The minimum atomic E-state index is -0.991. The molecule has 0 bridgehead atoms. The summed E-state index contributed by atoms with van der Waals surface area (Å²) < 4.78 is 9.98. The standard InChI is InChI=1S/C22H20N4O6/c1-3-31-21(29)17-23-26(20(28)16-13-9-6-10-14-16)18(22(30)32-4-2)24-25(17)19(27)15-11-7-5-8-12-15/h5-14H,3-4H2,1-2H3. The van der Waals surface area contributed by atoms with E-state index in [0.29, 0.717) is 10.0 Å². The highest BCUT2D eigenvalue weighted by atomic mass is 16.5. The summed E-state index contributed by atoms with van der Waals surface area (Å²) in [6.45, 7) is 3.13. The lowest BCUT2D eigenvalue weighted by Gasteiger charge is -2.27. The van der Waals surface area contributed by atoms with Crippen LogP contribution in [0.5, 0.6) is 0 Å². The van der Waals surface area contributed by atoms with E-state index in [0.717, 1.165) is 0 Å². The van der Waals surface area contributed by atoms with Crippen LogP contribution in [0.3, 0.4) is 0 Å². The molecule has 0 aliphatic carbocycles. The van der Waals surface area contributed by atoms with E-state index in [1.54, 1.807) is 50.2 Å². The fourth-order valence-electron chi connectivity index (χ4n) is 2.70. The van der Waals surface area contributed by atoms with E-state index >= 15 is 0 Å². The molecule has 164 valence electrons. The second-order valence-electron chi connectivity index (χ2n) is 6.25. The van der Waals surface area contributed by atoms with Crippen molar-refractivity contribution in [2.75, 3.05) is 13.2 Å². The zero-order valence-corrected chi connectivity index (χ0v) is 17.4. The molecule has 0 saturated carbocycles. The van der Waals surface area contributed by atoms with Crippen LogP contribution in [-0.2, 0) is 19.1 Å². The number of hydrogen-bond donors (Lipinski definition) is 0. The first-order valence-electron chi connectivity index (χ1n) is 9.78. The van der Waals surface area contributed by atoms with Gasteiger partial charge >= 0.3 is 11.9 Å². The number of hydrogen-bond acceptors (Lipinski definition) is 8. The van der Waals surface area contributed by atoms with Crippen LogP contribution >= 0.6 is 0 Å². The topological polar surface area (TPSA) is 118 Å². The van der Waals surface area contributed by atoms with Gasteiger partial charge in [0.05, 0.1) is 13.2 Å². The van der Waals surface area contributed by atoms with Gasteiger partial charge in [-0.25, -0.2) is 9.59 Å². The van der Waals surface area contributed by atoms with Crippen molar-refractivity contribution in [2.45, 2.75) is 13.8 Å². The number of ether oxygens (including phenoxy) is 2. The third-order valence-electron chi connectivity index (χ3n) is 4.13. The van der Waals surface area contributed by atoms with Crippen LogP contribution in [0.25, 0.3) is 0 Å². The molecule has 0 fully saturated rings. The number of esters is 2. The highest BCUT2D eigenvalue weighted by Crippen LogP contribution is 2.17. The third-order valence-corrected chi connectivity index (χ3v) is 4.13. The van der Waals surface area contributed by atoms with Crippen LogP contribution in [0.2, 0.25) is 0 Å². The maximum Gasteiger partial charge on any atom is 0.378 e. The van der Waals surface area contributed by atoms with Crippen molar-refractivity contribution in [1.82, 2.24) is 10.0 Å². The molecule has 0 unspecified atom stereocenters. The van der Waals surface area contributed by atoms with Crippen molar-refractivity contribution in [2.24, 2.45) is 10.2 Å². The molecule has 2 aromatic carbocycles. The fraction of sp³-hybridized carbons (Fsp3) is 0.182. The minimum absolute atomic E-state index is 0.00764. The first-order chi connectivity index (χ1) is 15.5. The number of carbonyl (C=O) groups is 4. The Kier molecular flexibility index (Phi) is 7.06. The summed E-state index contributed by atoms with van der Waals surface area (Å²) in [5.74, 6) is -4.61. The van der Waals surface area contributed by atoms with Crippen molar-refractivity contribution in [3.63, 3.8) is 0 Å². The van der Waals surface area contributed by atoms with Gasteiger partial charge in [0.25, 0.3) is 23.5 Å². The number of benzene rings is 2. The first kappa shape index (κ1) is 22.3. The summed E-state index contributed by atoms with van der Waals surface area (Å²) in [7, 11) is 0. The van der Waals surface area contributed by atoms with Crippen molar-refractivity contribution in [3.05, 3.63) is 71.8 Å². The lowest BCUT2D eigenvalue weighted by Crippen LogP contribution is -2.50. The molecule has 0 atom stereocenters. The summed E-state index contributed by atoms with van der Waals surface area (Å²) in [6.07, 6.45) is 0. The van der Waals surface area contributed by atoms with Crippen LogP contribution in [0.1, 0.15) is 34.6 Å². The van der Waals surface area contributed by atoms with Gasteiger partial charge in [-0.2, -0.15) is 10.0 Å². The first-order valence-corrected chi connectivity index (χ1v) is 9.78. The Hall–Kier alpha value is -4.34. The molecule has 1 aliphatic heterocycles. The number of amides is 2. The number of carbonyl (C=O) groups excluding carboxylic acids is 4. The van der Waals surface area contributed by atoms with Gasteiger partial charge < -0.3 is 9.47 Å². The Morgan fingerprint density at radius 2 is 1.00 bits per heavy atom. The van der Waals surface area contributed by atoms with Crippen LogP contribution < -0.4 is 0 Å². The average Bonchev–Trinajstić information content (AvgIpc) is 2.83. The fourth-order valence-corrected chi connectivity index (χ4v) is 2.70. The van der Waals surface area contributed by atoms with E-state index in [9.17, 15) is 19.2 Å². The quantitative estimate of drug-likeness (QED) is 0.640. The summed E-state index contributed by atoms with van der Waals surface area (Å²) in [5.41, 5.74) is 0.360. The predicted octanol–water partition coefficient (Wildman–Crippen LogP) is 2.04. The largest absolute Gasteiger partial charge is 0.460 e. The van der Waals surface area contributed by atoms with E-state index < -0.39 is 35.4 Å². The molecule has 1 heterocycles. The zero-order chi connectivity index (χ0) is 23.1. The Morgan fingerprint density at radius 3 is 1.31 bits per heavy atom. The average molecular weight is 436 g/mol. The zero-order valence-electron chi connectivity index (χ0n) is 17.4. The molecule has 10 nitrogen and oxygen atoms in total. The van der Waals surface area contributed by atoms with Gasteiger partial charge in [0.15, 0.2) is 0 Å². The molecule has 0 aromatic heterocycles. The molecular weight excluding hydrogens is 416 g/mol. The van der Waals surface area contributed by atoms with Crippen LogP contribution in [-0.4, -0.2) is 58.7 Å². The molecule has 0 saturated heterocycles. The Labute approximate surface area is 183 Å². The second kappa shape index (κ2) is 10.1. The van der Waals surface area contributed by atoms with Crippen molar-refractivity contribution in [3.8, 4) is 0 Å². The SMILES string of the molecule is CCOC(=O)C1=NN(C(=O)c2ccccc2)C(C(=O)OCC)=NN1C(=O)c1ccccc1. The highest BCUT2D eigenvalue weighted by molar-refractivity contribution is 6.44. The van der Waals surface area contributed by atoms with E-state index in [1.807, 2.05) is 0 Å². The van der Waals surface area contributed by atoms with E-state index in [-0.39, 0.29) is 24.3 Å². The van der Waals surface area contributed by atoms with E-state index in [1.165, 1.54) is 24.3 Å². The predicted molar refractivity (Wildman–Crippen MR) is 113 cm³/mol. The molecule has 0 spiro atoms. The smallest absolute Gasteiger partial charge is 0.378 e. The van der Waals surface area contributed by atoms with E-state index in [4.69, 9.17) is 9.47 Å². The van der Waals surface area contributed by atoms with Crippen molar-refractivity contribution >= 4 is 35.4 Å². The number of rotatable bonds is 6. The highest BCUT2D eigenvalue weighted by Gasteiger charge is 2.39. The summed E-state index contributed by atoms with van der Waals surface area (Å²) in [6, 6.07) is 15.9. The summed E-state index contributed by atoms with van der Waals surface area (Å²) in [4.78, 5) is 51.3. The Morgan fingerprint density at radius 1 is 0.656 bits per heavy atom. The van der Waals surface area contributed by atoms with Gasteiger partial charge in [0, 0.05) is 11.1 Å². The van der Waals surface area contributed by atoms with Gasteiger partial charge in [-0.3, -0.25) is 9.59 Å². The Balaban J connectivity index is 2.12. The second-order valence-corrected chi connectivity index (χ2v) is 6.25. The lowest BCUT2D eigenvalue weighted by atomic mass is 10.2. The number of nitrogens with zero attached hydrogens (tertiary/aromatic N) is 4. The molecule has 0 radical (unpaired) electrons. The Bertz CT molecular complexity index is 995. The number of hydrazone groups is 2. The van der Waals surface area contributed by atoms with Gasteiger partial charge in [-0.05, 0) is 38.1 Å². The third kappa shape index (κ3) is 4.69. The molecule has 1 aliphatic rings. The molecule has 10 heteroatoms. The normalized spacial score (nSPS) is 13.1. The summed E-state index contributed by atoms with van der Waals surface area (Å²) in [5, 5.41) is 9.24. The van der Waals surface area contributed by atoms with Gasteiger partial charge in [-0.15, -0.1) is 10.2 Å². The monoisotopic (exact) mass is 436 g/mol. The van der Waals surface area contributed by atoms with Crippen LogP contribution in [0.4, 0.5) is 0 Å². The van der Waals surface area contributed by atoms with Crippen LogP contribution in [0, 0.1) is 0 Å². The van der Waals surface area contributed by atoms with Gasteiger partial charge in [0.1, 0.15) is 0 Å². The molecule has 32 heavy (non-hydrogen) atoms. The minimum Gasteiger partial charge on any atom is -0.460 e. The van der Waals surface area contributed by atoms with Gasteiger partial charge in [-0.1, -0.05) is 36.4 Å². The van der Waals surface area contributed by atoms with E-state index in [2.05, 4.69) is 10.2 Å².